The van der Waals surface area contributed by atoms with Crippen LogP contribution in [-0.4, -0.2) is 30.4 Å². The summed E-state index contributed by atoms with van der Waals surface area (Å²) in [5.41, 5.74) is 0. The molecule has 0 aromatic heterocycles. The standard InChI is InChI=1S/C9H20O3Si/c1-4-5-6-7-8-9-12-13(10-2)11-3/h7-8,13H,4-6,9H2,1-3H3. The van der Waals surface area contributed by atoms with Crippen LogP contribution >= 0.6 is 0 Å². The Hall–Kier alpha value is -0.163. The molecule has 0 aliphatic rings. The fraction of sp³-hybridized carbons (Fsp3) is 0.778. The van der Waals surface area contributed by atoms with Crippen LogP contribution in [-0.2, 0) is 13.3 Å². The molecular formula is C9H20O3Si. The van der Waals surface area contributed by atoms with E-state index in [0.717, 1.165) is 6.42 Å². The van der Waals surface area contributed by atoms with Crippen LogP contribution < -0.4 is 0 Å². The Morgan fingerprint density at radius 2 is 1.85 bits per heavy atom. The molecule has 3 nitrogen and oxygen atoms in total. The lowest BCUT2D eigenvalue weighted by atomic mass is 10.2. The minimum atomic E-state index is -1.80. The van der Waals surface area contributed by atoms with Crippen molar-refractivity contribution in [3.63, 3.8) is 0 Å². The largest absolute Gasteiger partial charge is 0.483 e. The van der Waals surface area contributed by atoms with Crippen LogP contribution in [0.1, 0.15) is 26.2 Å². The molecule has 0 unspecified atom stereocenters. The average Bonchev–Trinajstić information content (AvgIpc) is 2.17. The molecule has 0 rings (SSSR count). The first-order valence-electron chi connectivity index (χ1n) is 4.67. The van der Waals surface area contributed by atoms with Gasteiger partial charge in [0.25, 0.3) is 0 Å². The highest BCUT2D eigenvalue weighted by molar-refractivity contribution is 6.36. The fourth-order valence-electron chi connectivity index (χ4n) is 0.874. The number of hydrogen-bond acceptors (Lipinski definition) is 3. The first kappa shape index (κ1) is 12.8. The van der Waals surface area contributed by atoms with Gasteiger partial charge in [0.15, 0.2) is 0 Å². The van der Waals surface area contributed by atoms with Crippen molar-refractivity contribution in [3.05, 3.63) is 12.2 Å². The highest BCUT2D eigenvalue weighted by Gasteiger charge is 2.08. The van der Waals surface area contributed by atoms with Gasteiger partial charge in [-0.3, -0.25) is 0 Å². The third kappa shape index (κ3) is 8.17. The van der Waals surface area contributed by atoms with E-state index in [2.05, 4.69) is 13.0 Å². The van der Waals surface area contributed by atoms with Crippen LogP contribution in [0.5, 0.6) is 0 Å². The molecule has 0 fully saturated rings. The maximum absolute atomic E-state index is 5.33. The Balaban J connectivity index is 3.26. The summed E-state index contributed by atoms with van der Waals surface area (Å²) in [6, 6.07) is 0. The Labute approximate surface area is 82.7 Å². The first-order chi connectivity index (χ1) is 6.35. The van der Waals surface area contributed by atoms with Crippen LogP contribution in [0.4, 0.5) is 0 Å². The van der Waals surface area contributed by atoms with Crippen molar-refractivity contribution >= 4 is 9.53 Å². The van der Waals surface area contributed by atoms with E-state index >= 15 is 0 Å². The van der Waals surface area contributed by atoms with Crippen molar-refractivity contribution in [2.75, 3.05) is 20.8 Å². The second-order valence-corrected chi connectivity index (χ2v) is 4.56. The maximum Gasteiger partial charge on any atom is 0.483 e. The summed E-state index contributed by atoms with van der Waals surface area (Å²) in [4.78, 5) is 0. The smallest absolute Gasteiger partial charge is 0.379 e. The Bertz CT molecular complexity index is 124. The third-order valence-corrected chi connectivity index (χ3v) is 2.84. The van der Waals surface area contributed by atoms with E-state index in [1.165, 1.54) is 12.8 Å². The van der Waals surface area contributed by atoms with E-state index in [1.54, 1.807) is 14.2 Å². The SMILES string of the molecule is CCCCC=CCO[SiH](OC)OC. The van der Waals surface area contributed by atoms with Gasteiger partial charge < -0.3 is 13.3 Å². The fourth-order valence-corrected chi connectivity index (χ4v) is 1.61. The minimum absolute atomic E-state index is 0.599. The van der Waals surface area contributed by atoms with Gasteiger partial charge in [-0.05, 0) is 6.42 Å². The molecule has 0 saturated heterocycles. The molecule has 0 saturated carbocycles. The highest BCUT2D eigenvalue weighted by atomic mass is 28.3. The van der Waals surface area contributed by atoms with E-state index in [9.17, 15) is 0 Å². The van der Waals surface area contributed by atoms with Gasteiger partial charge in [0, 0.05) is 14.2 Å². The lowest BCUT2D eigenvalue weighted by Gasteiger charge is -2.08. The Morgan fingerprint density at radius 3 is 2.38 bits per heavy atom. The van der Waals surface area contributed by atoms with E-state index < -0.39 is 9.53 Å². The van der Waals surface area contributed by atoms with E-state index in [0.29, 0.717) is 6.61 Å². The van der Waals surface area contributed by atoms with Gasteiger partial charge in [-0.2, -0.15) is 0 Å². The van der Waals surface area contributed by atoms with Crippen LogP contribution in [0, 0.1) is 0 Å². The molecule has 0 aromatic rings. The minimum Gasteiger partial charge on any atom is -0.379 e. The molecule has 4 heteroatoms. The third-order valence-electron chi connectivity index (χ3n) is 1.60. The molecule has 78 valence electrons. The van der Waals surface area contributed by atoms with E-state index in [1.807, 2.05) is 6.08 Å². The van der Waals surface area contributed by atoms with Gasteiger partial charge in [-0.25, -0.2) is 0 Å². The monoisotopic (exact) mass is 204 g/mol. The van der Waals surface area contributed by atoms with Crippen LogP contribution in [0.25, 0.3) is 0 Å². The van der Waals surface area contributed by atoms with Gasteiger partial charge in [-0.15, -0.1) is 0 Å². The molecule has 0 heterocycles. The normalized spacial score (nSPS) is 11.7. The summed E-state index contributed by atoms with van der Waals surface area (Å²) in [5, 5.41) is 0. The molecule has 0 aliphatic heterocycles. The van der Waals surface area contributed by atoms with Crippen molar-refractivity contribution in [2.24, 2.45) is 0 Å². The van der Waals surface area contributed by atoms with E-state index in [4.69, 9.17) is 13.3 Å². The van der Waals surface area contributed by atoms with Gasteiger partial charge in [0.2, 0.25) is 0 Å². The number of allylic oxidation sites excluding steroid dienone is 1. The average molecular weight is 204 g/mol. The molecule has 0 aromatic carbocycles. The van der Waals surface area contributed by atoms with Crippen LogP contribution in [0.15, 0.2) is 12.2 Å². The zero-order valence-electron chi connectivity index (χ0n) is 8.79. The summed E-state index contributed by atoms with van der Waals surface area (Å²) in [5.74, 6) is 0. The zero-order chi connectivity index (χ0) is 9.94. The Morgan fingerprint density at radius 1 is 1.15 bits per heavy atom. The second-order valence-electron chi connectivity index (χ2n) is 2.71. The van der Waals surface area contributed by atoms with Crippen molar-refractivity contribution < 1.29 is 13.3 Å². The predicted molar refractivity (Wildman–Crippen MR) is 55.8 cm³/mol. The molecule has 0 N–H and O–H groups in total. The predicted octanol–water partition coefficient (Wildman–Crippen LogP) is 1.76. The van der Waals surface area contributed by atoms with Crippen molar-refractivity contribution in [1.82, 2.24) is 0 Å². The number of hydrogen-bond donors (Lipinski definition) is 0. The molecule has 13 heavy (non-hydrogen) atoms. The summed E-state index contributed by atoms with van der Waals surface area (Å²) in [6.07, 6.45) is 7.77. The molecule has 0 atom stereocenters. The molecule has 0 spiro atoms. The number of unbranched alkanes of at least 4 members (excludes halogenated alkanes) is 2. The van der Waals surface area contributed by atoms with Crippen molar-refractivity contribution in [3.8, 4) is 0 Å². The molecule has 0 bridgehead atoms. The maximum atomic E-state index is 5.33. The Kier molecular flexibility index (Phi) is 9.80. The van der Waals surface area contributed by atoms with Crippen LogP contribution in [0.2, 0.25) is 0 Å². The quantitative estimate of drug-likeness (QED) is 0.342. The molecule has 0 radical (unpaired) electrons. The molecular weight excluding hydrogens is 184 g/mol. The summed E-state index contributed by atoms with van der Waals surface area (Å²) >= 11 is 0. The van der Waals surface area contributed by atoms with Gasteiger partial charge in [-0.1, -0.05) is 31.9 Å². The summed E-state index contributed by atoms with van der Waals surface area (Å²) in [7, 11) is 1.42. The van der Waals surface area contributed by atoms with E-state index in [-0.39, 0.29) is 0 Å². The zero-order valence-corrected chi connectivity index (χ0v) is 9.94. The lowest BCUT2D eigenvalue weighted by Crippen LogP contribution is -2.23. The lowest BCUT2D eigenvalue weighted by molar-refractivity contribution is 0.148. The van der Waals surface area contributed by atoms with Gasteiger partial charge >= 0.3 is 9.53 Å². The second kappa shape index (κ2) is 9.92. The number of rotatable bonds is 8. The summed E-state index contributed by atoms with van der Waals surface area (Å²) < 4.78 is 15.3. The van der Waals surface area contributed by atoms with Crippen molar-refractivity contribution in [1.29, 1.82) is 0 Å². The molecule has 0 aliphatic carbocycles. The first-order valence-corrected chi connectivity index (χ1v) is 6.08. The van der Waals surface area contributed by atoms with Crippen molar-refractivity contribution in [2.45, 2.75) is 26.2 Å². The topological polar surface area (TPSA) is 27.7 Å². The summed E-state index contributed by atoms with van der Waals surface area (Å²) in [6.45, 7) is 2.78. The van der Waals surface area contributed by atoms with Gasteiger partial charge in [0.1, 0.15) is 0 Å². The highest BCUT2D eigenvalue weighted by Crippen LogP contribution is 1.95. The van der Waals surface area contributed by atoms with Gasteiger partial charge in [0.05, 0.1) is 6.61 Å². The molecule has 0 amide bonds. The van der Waals surface area contributed by atoms with Crippen LogP contribution in [0.3, 0.4) is 0 Å².